The number of amides is 1. The van der Waals surface area contributed by atoms with E-state index in [-0.39, 0.29) is 43.3 Å². The molecule has 7 heteroatoms. The Morgan fingerprint density at radius 1 is 1.19 bits per heavy atom. The highest BCUT2D eigenvalue weighted by Gasteiger charge is 2.19. The molecule has 1 aromatic rings. The van der Waals surface area contributed by atoms with Crippen LogP contribution in [0, 0.1) is 11.6 Å². The van der Waals surface area contributed by atoms with E-state index in [0.29, 0.717) is 0 Å². The second kappa shape index (κ2) is 8.05. The third-order valence-corrected chi connectivity index (χ3v) is 2.81. The number of ketones is 1. The Morgan fingerprint density at radius 3 is 2.33 bits per heavy atom. The molecule has 1 rings (SSSR count). The minimum Gasteiger partial charge on any atom is -0.350 e. The van der Waals surface area contributed by atoms with Gasteiger partial charge in [0.05, 0.1) is 0 Å². The second-order valence-corrected chi connectivity index (χ2v) is 5.19. The fourth-order valence-corrected chi connectivity index (χ4v) is 1.53. The Hall–Kier alpha value is -1.53. The Bertz CT molecular complexity index is 522. The van der Waals surface area contributed by atoms with Crippen molar-refractivity contribution in [3.05, 3.63) is 35.4 Å². The number of hydrogen-bond donors (Lipinski definition) is 2. The normalized spacial score (nSPS) is 10.7. The van der Waals surface area contributed by atoms with Crippen LogP contribution in [0.15, 0.2) is 18.2 Å². The Balaban J connectivity index is 0.00000400. The number of rotatable bonds is 6. The molecule has 0 unspecified atom stereocenters. The first kappa shape index (κ1) is 19.5. The minimum atomic E-state index is -1.08. The number of Topliss-reactive ketones (excluding diaryl/α,β-unsaturated/α-hetero) is 1. The second-order valence-electron chi connectivity index (χ2n) is 5.19. The summed E-state index contributed by atoms with van der Waals surface area (Å²) >= 11 is 0. The highest BCUT2D eigenvalue weighted by Crippen LogP contribution is 2.11. The molecule has 4 nitrogen and oxygen atoms in total. The molecule has 0 atom stereocenters. The number of carbonyl (C=O) groups excluding carboxylic acids is 2. The van der Waals surface area contributed by atoms with Crippen LogP contribution >= 0.6 is 12.4 Å². The number of benzene rings is 1. The lowest BCUT2D eigenvalue weighted by atomic mass is 10.0. The van der Waals surface area contributed by atoms with E-state index in [9.17, 15) is 18.4 Å². The molecule has 1 amide bonds. The van der Waals surface area contributed by atoms with Gasteiger partial charge in [0.25, 0.3) is 0 Å². The van der Waals surface area contributed by atoms with Gasteiger partial charge in [0.15, 0.2) is 17.4 Å². The molecule has 0 aliphatic carbocycles. The zero-order valence-corrected chi connectivity index (χ0v) is 12.7. The summed E-state index contributed by atoms with van der Waals surface area (Å²) in [5.74, 6) is -2.81. The van der Waals surface area contributed by atoms with Crippen molar-refractivity contribution in [2.75, 3.05) is 6.54 Å². The summed E-state index contributed by atoms with van der Waals surface area (Å²) in [6, 6.07) is 2.92. The van der Waals surface area contributed by atoms with Crippen LogP contribution in [0.25, 0.3) is 0 Å². The zero-order chi connectivity index (χ0) is 15.3. The smallest absolute Gasteiger partial charge is 0.220 e. The van der Waals surface area contributed by atoms with Gasteiger partial charge < -0.3 is 11.1 Å². The van der Waals surface area contributed by atoms with Gasteiger partial charge in [0.2, 0.25) is 5.91 Å². The quantitative estimate of drug-likeness (QED) is 0.789. The molecule has 21 heavy (non-hydrogen) atoms. The van der Waals surface area contributed by atoms with Crippen molar-refractivity contribution in [1.82, 2.24) is 5.32 Å². The lowest BCUT2D eigenvalue weighted by Gasteiger charge is -2.24. The molecule has 0 bridgehead atoms. The van der Waals surface area contributed by atoms with Crippen LogP contribution in [0.5, 0.6) is 0 Å². The number of carbonyl (C=O) groups is 2. The first-order valence-electron chi connectivity index (χ1n) is 6.24. The molecular formula is C14H19ClF2N2O2. The van der Waals surface area contributed by atoms with Crippen molar-refractivity contribution in [3.63, 3.8) is 0 Å². The molecule has 0 spiro atoms. The molecule has 1 aromatic carbocycles. The number of halogens is 3. The van der Waals surface area contributed by atoms with Gasteiger partial charge >= 0.3 is 0 Å². The van der Waals surface area contributed by atoms with Gasteiger partial charge in [0, 0.05) is 30.5 Å². The van der Waals surface area contributed by atoms with Gasteiger partial charge in [-0.05, 0) is 32.0 Å². The molecule has 118 valence electrons. The molecule has 0 heterocycles. The van der Waals surface area contributed by atoms with Crippen LogP contribution < -0.4 is 11.1 Å². The van der Waals surface area contributed by atoms with Gasteiger partial charge in [-0.1, -0.05) is 0 Å². The van der Waals surface area contributed by atoms with Crippen molar-refractivity contribution in [1.29, 1.82) is 0 Å². The van der Waals surface area contributed by atoms with Crippen LogP contribution in [0.1, 0.15) is 37.0 Å². The molecule has 0 radical (unpaired) electrons. The summed E-state index contributed by atoms with van der Waals surface area (Å²) in [5.41, 5.74) is 4.98. The minimum absolute atomic E-state index is 0. The molecule has 0 saturated carbocycles. The first-order valence-corrected chi connectivity index (χ1v) is 6.24. The summed E-state index contributed by atoms with van der Waals surface area (Å²) in [6.45, 7) is 3.81. The monoisotopic (exact) mass is 320 g/mol. The SMILES string of the molecule is CC(C)(CN)NC(=O)CCC(=O)c1ccc(F)c(F)c1.Cl. The average molecular weight is 321 g/mol. The van der Waals surface area contributed by atoms with E-state index >= 15 is 0 Å². The Kier molecular flexibility index (Phi) is 7.46. The van der Waals surface area contributed by atoms with E-state index in [2.05, 4.69) is 5.32 Å². The summed E-state index contributed by atoms with van der Waals surface area (Å²) < 4.78 is 25.7. The predicted octanol–water partition coefficient (Wildman–Crippen LogP) is 2.20. The number of nitrogens with one attached hydrogen (secondary N) is 1. The maximum atomic E-state index is 13.0. The van der Waals surface area contributed by atoms with Crippen LogP contribution in [0.2, 0.25) is 0 Å². The molecular weight excluding hydrogens is 302 g/mol. The fourth-order valence-electron chi connectivity index (χ4n) is 1.53. The third-order valence-electron chi connectivity index (χ3n) is 2.81. The number of nitrogens with two attached hydrogens (primary N) is 1. The van der Waals surface area contributed by atoms with E-state index in [1.807, 2.05) is 0 Å². The van der Waals surface area contributed by atoms with Gasteiger partial charge in [-0.3, -0.25) is 9.59 Å². The van der Waals surface area contributed by atoms with Crippen molar-refractivity contribution >= 4 is 24.1 Å². The van der Waals surface area contributed by atoms with E-state index in [4.69, 9.17) is 5.73 Å². The Labute approximate surface area is 128 Å². The van der Waals surface area contributed by atoms with Crippen molar-refractivity contribution in [2.24, 2.45) is 5.73 Å². The molecule has 0 aliphatic rings. The van der Waals surface area contributed by atoms with E-state index in [1.165, 1.54) is 6.07 Å². The summed E-state index contributed by atoms with van der Waals surface area (Å²) in [6.07, 6.45) is -0.0984. The molecule has 0 aromatic heterocycles. The average Bonchev–Trinajstić information content (AvgIpc) is 2.38. The molecule has 3 N–H and O–H groups in total. The maximum Gasteiger partial charge on any atom is 0.220 e. The third kappa shape index (κ3) is 6.18. The van der Waals surface area contributed by atoms with Crippen LogP contribution in [0.4, 0.5) is 8.78 Å². The number of hydrogen-bond acceptors (Lipinski definition) is 3. The van der Waals surface area contributed by atoms with Gasteiger partial charge in [-0.2, -0.15) is 0 Å². The zero-order valence-electron chi connectivity index (χ0n) is 11.9. The molecule has 0 fully saturated rings. The summed E-state index contributed by atoms with van der Waals surface area (Å²) in [4.78, 5) is 23.4. The van der Waals surface area contributed by atoms with Crippen LogP contribution in [0.3, 0.4) is 0 Å². The van der Waals surface area contributed by atoms with Gasteiger partial charge in [0.1, 0.15) is 0 Å². The largest absolute Gasteiger partial charge is 0.350 e. The lowest BCUT2D eigenvalue weighted by molar-refractivity contribution is -0.122. The van der Waals surface area contributed by atoms with Crippen LogP contribution in [-0.2, 0) is 4.79 Å². The van der Waals surface area contributed by atoms with Gasteiger partial charge in [-0.15, -0.1) is 12.4 Å². The first-order chi connectivity index (χ1) is 9.25. The van der Waals surface area contributed by atoms with Crippen molar-refractivity contribution in [2.45, 2.75) is 32.2 Å². The van der Waals surface area contributed by atoms with Gasteiger partial charge in [-0.25, -0.2) is 8.78 Å². The van der Waals surface area contributed by atoms with E-state index in [0.717, 1.165) is 12.1 Å². The van der Waals surface area contributed by atoms with Crippen molar-refractivity contribution < 1.29 is 18.4 Å². The molecule has 0 saturated heterocycles. The summed E-state index contributed by atoms with van der Waals surface area (Å²) in [5, 5.41) is 2.68. The fraction of sp³-hybridized carbons (Fsp3) is 0.429. The summed E-state index contributed by atoms with van der Waals surface area (Å²) in [7, 11) is 0. The lowest BCUT2D eigenvalue weighted by Crippen LogP contribution is -2.48. The van der Waals surface area contributed by atoms with E-state index < -0.39 is 23.0 Å². The van der Waals surface area contributed by atoms with Crippen LogP contribution in [-0.4, -0.2) is 23.8 Å². The highest BCUT2D eigenvalue weighted by atomic mass is 35.5. The standard InChI is InChI=1S/C14H18F2N2O2.ClH/c1-14(2,8-17)18-13(20)6-5-12(19)9-3-4-10(15)11(16)7-9;/h3-4,7H,5-6,8,17H2,1-2H3,(H,18,20);1H. The topological polar surface area (TPSA) is 72.2 Å². The van der Waals surface area contributed by atoms with Crippen molar-refractivity contribution in [3.8, 4) is 0 Å². The maximum absolute atomic E-state index is 13.0. The van der Waals surface area contributed by atoms with E-state index in [1.54, 1.807) is 13.8 Å². The molecule has 0 aliphatic heterocycles. The Morgan fingerprint density at radius 2 is 1.81 bits per heavy atom. The highest BCUT2D eigenvalue weighted by molar-refractivity contribution is 5.98. The predicted molar refractivity (Wildman–Crippen MR) is 78.4 cm³/mol.